The molecule has 7 nitrogen and oxygen atoms in total. The summed E-state index contributed by atoms with van der Waals surface area (Å²) in [5, 5.41) is 12.5. The quantitative estimate of drug-likeness (QED) is 0.527. The van der Waals surface area contributed by atoms with Crippen molar-refractivity contribution in [2.24, 2.45) is 4.99 Å². The van der Waals surface area contributed by atoms with Crippen LogP contribution in [0.4, 0.5) is 0 Å². The molecule has 0 saturated heterocycles. The smallest absolute Gasteiger partial charge is 0.276 e. The highest BCUT2D eigenvalue weighted by Gasteiger charge is 2.09. The van der Waals surface area contributed by atoms with Crippen LogP contribution in [0.5, 0.6) is 0 Å². The molecule has 24 heavy (non-hydrogen) atoms. The zero-order valence-corrected chi connectivity index (χ0v) is 14.1. The Labute approximate surface area is 143 Å². The fourth-order valence-corrected chi connectivity index (χ4v) is 2.69. The maximum absolute atomic E-state index is 5.24. The maximum Gasteiger partial charge on any atom is 0.276 e. The zero-order valence-electron chi connectivity index (χ0n) is 13.3. The normalized spacial score (nSPS) is 11.5. The van der Waals surface area contributed by atoms with Gasteiger partial charge in [0, 0.05) is 31.1 Å². The van der Waals surface area contributed by atoms with Crippen LogP contribution < -0.4 is 10.6 Å². The molecule has 8 heteroatoms. The maximum atomic E-state index is 5.24. The van der Waals surface area contributed by atoms with Crippen LogP contribution in [0, 0.1) is 0 Å². The molecule has 2 N–H and O–H groups in total. The summed E-state index contributed by atoms with van der Waals surface area (Å²) in [5.74, 6) is 1.82. The molecule has 3 aromatic rings. The van der Waals surface area contributed by atoms with Crippen LogP contribution >= 0.6 is 11.3 Å². The highest BCUT2D eigenvalue weighted by molar-refractivity contribution is 7.09. The van der Waals surface area contributed by atoms with E-state index in [2.05, 4.69) is 42.2 Å². The van der Waals surface area contributed by atoms with Crippen molar-refractivity contribution in [3.05, 3.63) is 52.6 Å². The summed E-state index contributed by atoms with van der Waals surface area (Å²) in [6.07, 6.45) is 2.33. The summed E-state index contributed by atoms with van der Waals surface area (Å²) in [6, 6.07) is 9.69. The first kappa shape index (κ1) is 16.1. The van der Waals surface area contributed by atoms with Crippen molar-refractivity contribution in [1.82, 2.24) is 25.8 Å². The van der Waals surface area contributed by atoms with E-state index in [4.69, 9.17) is 4.52 Å². The SMILES string of the molecule is CN=C(NCCc1noc(-c2ccccn2)n1)NCc1cccs1. The molecule has 0 spiro atoms. The molecule has 3 aromatic heterocycles. The number of aliphatic imine (C=N–C) groups is 1. The number of pyridine rings is 1. The lowest BCUT2D eigenvalue weighted by atomic mass is 10.3. The number of rotatable bonds is 6. The molecule has 0 aliphatic carbocycles. The third-order valence-corrected chi connectivity index (χ3v) is 4.10. The molecule has 124 valence electrons. The first-order valence-corrected chi connectivity index (χ1v) is 8.44. The summed E-state index contributed by atoms with van der Waals surface area (Å²) in [4.78, 5) is 14.0. The predicted octanol–water partition coefficient (Wildman–Crippen LogP) is 2.10. The van der Waals surface area contributed by atoms with Gasteiger partial charge in [0.1, 0.15) is 5.69 Å². The van der Waals surface area contributed by atoms with Crippen LogP contribution in [0.2, 0.25) is 0 Å². The van der Waals surface area contributed by atoms with Crippen LogP contribution in [0.15, 0.2) is 51.4 Å². The second-order valence-electron chi connectivity index (χ2n) is 4.91. The van der Waals surface area contributed by atoms with E-state index in [1.165, 1.54) is 4.88 Å². The first-order valence-electron chi connectivity index (χ1n) is 7.56. The Bertz CT molecular complexity index is 769. The van der Waals surface area contributed by atoms with Crippen molar-refractivity contribution in [2.45, 2.75) is 13.0 Å². The van der Waals surface area contributed by atoms with Crippen LogP contribution in [0.3, 0.4) is 0 Å². The van der Waals surface area contributed by atoms with E-state index in [-0.39, 0.29) is 0 Å². The summed E-state index contributed by atoms with van der Waals surface area (Å²) in [6.45, 7) is 1.41. The Morgan fingerprint density at radius 2 is 2.21 bits per heavy atom. The third kappa shape index (κ3) is 4.39. The van der Waals surface area contributed by atoms with Crippen LogP contribution in [0.25, 0.3) is 11.6 Å². The number of hydrogen-bond donors (Lipinski definition) is 2. The Morgan fingerprint density at radius 3 is 2.96 bits per heavy atom. The van der Waals surface area contributed by atoms with E-state index >= 15 is 0 Å². The van der Waals surface area contributed by atoms with Crippen molar-refractivity contribution >= 4 is 17.3 Å². The van der Waals surface area contributed by atoms with Crippen molar-refractivity contribution < 1.29 is 4.52 Å². The fourth-order valence-electron chi connectivity index (χ4n) is 2.05. The molecule has 0 bridgehead atoms. The third-order valence-electron chi connectivity index (χ3n) is 3.23. The van der Waals surface area contributed by atoms with Gasteiger partial charge in [0.2, 0.25) is 0 Å². The van der Waals surface area contributed by atoms with Crippen molar-refractivity contribution in [3.63, 3.8) is 0 Å². The molecule has 0 atom stereocenters. The standard InChI is InChI=1S/C16H18N6OS/c1-17-16(20-11-12-5-4-10-24-12)19-9-7-14-21-15(23-22-14)13-6-2-3-8-18-13/h2-6,8,10H,7,9,11H2,1H3,(H2,17,19,20). The summed E-state index contributed by atoms with van der Waals surface area (Å²) >= 11 is 1.71. The van der Waals surface area contributed by atoms with Gasteiger partial charge in [0.15, 0.2) is 11.8 Å². The van der Waals surface area contributed by atoms with E-state index in [1.807, 2.05) is 24.3 Å². The van der Waals surface area contributed by atoms with Gasteiger partial charge in [-0.15, -0.1) is 11.3 Å². The molecule has 0 aliphatic rings. The minimum absolute atomic E-state index is 0.436. The molecule has 0 amide bonds. The van der Waals surface area contributed by atoms with Gasteiger partial charge in [-0.2, -0.15) is 4.98 Å². The van der Waals surface area contributed by atoms with E-state index in [0.717, 1.165) is 12.5 Å². The van der Waals surface area contributed by atoms with E-state index in [9.17, 15) is 0 Å². The number of nitrogens with one attached hydrogen (secondary N) is 2. The Morgan fingerprint density at radius 1 is 1.25 bits per heavy atom. The minimum atomic E-state index is 0.436. The van der Waals surface area contributed by atoms with Crippen molar-refractivity contribution in [2.75, 3.05) is 13.6 Å². The van der Waals surface area contributed by atoms with Gasteiger partial charge in [-0.1, -0.05) is 17.3 Å². The molecule has 0 fully saturated rings. The lowest BCUT2D eigenvalue weighted by Gasteiger charge is -2.10. The van der Waals surface area contributed by atoms with Gasteiger partial charge < -0.3 is 15.2 Å². The number of guanidine groups is 1. The number of thiophene rings is 1. The second kappa shape index (κ2) is 8.21. The Balaban J connectivity index is 1.46. The number of hydrogen-bond acceptors (Lipinski definition) is 6. The van der Waals surface area contributed by atoms with E-state index in [1.54, 1.807) is 24.6 Å². The predicted molar refractivity (Wildman–Crippen MR) is 93.8 cm³/mol. The summed E-state index contributed by atoms with van der Waals surface area (Å²) in [7, 11) is 1.75. The molecular weight excluding hydrogens is 324 g/mol. The average Bonchev–Trinajstić information content (AvgIpc) is 3.30. The molecular formula is C16H18N6OS. The van der Waals surface area contributed by atoms with Gasteiger partial charge in [-0.05, 0) is 23.6 Å². The second-order valence-corrected chi connectivity index (χ2v) is 5.94. The van der Waals surface area contributed by atoms with Gasteiger partial charge in [-0.3, -0.25) is 9.98 Å². The average molecular weight is 342 g/mol. The molecule has 0 unspecified atom stereocenters. The topological polar surface area (TPSA) is 88.2 Å². The van der Waals surface area contributed by atoms with Crippen molar-refractivity contribution in [3.8, 4) is 11.6 Å². The van der Waals surface area contributed by atoms with Gasteiger partial charge in [-0.25, -0.2) is 0 Å². The molecule has 0 aromatic carbocycles. The van der Waals surface area contributed by atoms with E-state index in [0.29, 0.717) is 30.4 Å². The van der Waals surface area contributed by atoms with Crippen LogP contribution in [-0.2, 0) is 13.0 Å². The summed E-state index contributed by atoms with van der Waals surface area (Å²) < 4.78 is 5.24. The number of aromatic nitrogens is 3. The number of nitrogens with zero attached hydrogens (tertiary/aromatic N) is 4. The Hall–Kier alpha value is -2.74. The largest absolute Gasteiger partial charge is 0.356 e. The van der Waals surface area contributed by atoms with Crippen molar-refractivity contribution in [1.29, 1.82) is 0 Å². The van der Waals surface area contributed by atoms with Crippen LogP contribution in [0.1, 0.15) is 10.7 Å². The van der Waals surface area contributed by atoms with Crippen LogP contribution in [-0.4, -0.2) is 34.7 Å². The van der Waals surface area contributed by atoms with Gasteiger partial charge in [0.05, 0.1) is 6.54 Å². The summed E-state index contributed by atoms with van der Waals surface area (Å²) in [5.41, 5.74) is 0.678. The first-order chi connectivity index (χ1) is 11.8. The molecule has 0 saturated carbocycles. The highest BCUT2D eigenvalue weighted by atomic mass is 32.1. The van der Waals surface area contributed by atoms with E-state index < -0.39 is 0 Å². The highest BCUT2D eigenvalue weighted by Crippen LogP contribution is 2.13. The van der Waals surface area contributed by atoms with Gasteiger partial charge in [0.25, 0.3) is 5.89 Å². The van der Waals surface area contributed by atoms with Gasteiger partial charge >= 0.3 is 0 Å². The molecule has 0 aliphatic heterocycles. The minimum Gasteiger partial charge on any atom is -0.356 e. The zero-order chi connectivity index (χ0) is 16.6. The molecule has 3 rings (SSSR count). The monoisotopic (exact) mass is 342 g/mol. The molecule has 3 heterocycles. The lowest BCUT2D eigenvalue weighted by molar-refractivity contribution is 0.421. The fraction of sp³-hybridized carbons (Fsp3) is 0.250. The molecule has 0 radical (unpaired) electrons. The Kier molecular flexibility index (Phi) is 5.52. The lowest BCUT2D eigenvalue weighted by Crippen LogP contribution is -2.37.